The van der Waals surface area contributed by atoms with Crippen molar-refractivity contribution in [1.82, 2.24) is 4.98 Å². The number of nitrogens with zero attached hydrogens (tertiary/aromatic N) is 1. The predicted octanol–water partition coefficient (Wildman–Crippen LogP) is 5.37. The van der Waals surface area contributed by atoms with Gasteiger partial charge < -0.3 is 0 Å². The van der Waals surface area contributed by atoms with Crippen LogP contribution in [0.1, 0.15) is 0 Å². The molecule has 0 saturated carbocycles. The maximum atomic E-state index is 13.9. The van der Waals surface area contributed by atoms with Gasteiger partial charge in [0.15, 0.2) is 5.13 Å². The Bertz CT molecular complexity index is 1020. The Morgan fingerprint density at radius 2 is 1.96 bits per heavy atom. The van der Waals surface area contributed by atoms with Gasteiger partial charge in [0, 0.05) is 5.38 Å². The standard InChI is InChI=1S/C13H6BrClF2N2O2S3/c14-6-3-9(17)11(4-8(6)16)24(20,21)19-13-18-10(5-23-13)12-7(15)1-2-22-12/h1-5H,(H,18,19). The Morgan fingerprint density at radius 3 is 2.62 bits per heavy atom. The summed E-state index contributed by atoms with van der Waals surface area (Å²) in [5.74, 6) is -1.96. The van der Waals surface area contributed by atoms with Crippen LogP contribution in [0.25, 0.3) is 10.6 Å². The van der Waals surface area contributed by atoms with Gasteiger partial charge in [0.25, 0.3) is 10.0 Å². The normalized spacial score (nSPS) is 11.7. The van der Waals surface area contributed by atoms with Gasteiger partial charge in [-0.25, -0.2) is 22.2 Å². The molecule has 0 atom stereocenters. The van der Waals surface area contributed by atoms with E-state index in [1.54, 1.807) is 16.8 Å². The first-order valence-electron chi connectivity index (χ1n) is 6.14. The first-order chi connectivity index (χ1) is 11.3. The van der Waals surface area contributed by atoms with Gasteiger partial charge >= 0.3 is 0 Å². The molecule has 0 aliphatic rings. The van der Waals surface area contributed by atoms with Crippen LogP contribution in [-0.2, 0) is 10.0 Å². The highest BCUT2D eigenvalue weighted by atomic mass is 79.9. The molecule has 2 aromatic heterocycles. The number of benzene rings is 1. The van der Waals surface area contributed by atoms with Gasteiger partial charge in [-0.1, -0.05) is 11.6 Å². The fraction of sp³-hybridized carbons (Fsp3) is 0. The van der Waals surface area contributed by atoms with Crippen LogP contribution in [0.2, 0.25) is 5.02 Å². The van der Waals surface area contributed by atoms with Crippen molar-refractivity contribution in [2.75, 3.05) is 4.72 Å². The first kappa shape index (κ1) is 17.7. The summed E-state index contributed by atoms with van der Waals surface area (Å²) in [4.78, 5) is 4.02. The molecule has 1 N–H and O–H groups in total. The summed E-state index contributed by atoms with van der Waals surface area (Å²) in [5.41, 5.74) is 0.500. The van der Waals surface area contributed by atoms with Crippen LogP contribution in [-0.4, -0.2) is 13.4 Å². The van der Waals surface area contributed by atoms with Gasteiger partial charge in [-0.3, -0.25) is 4.72 Å². The number of rotatable bonds is 4. The van der Waals surface area contributed by atoms with E-state index < -0.39 is 26.6 Å². The van der Waals surface area contributed by atoms with Crippen molar-refractivity contribution in [3.63, 3.8) is 0 Å². The second-order valence-electron chi connectivity index (χ2n) is 4.44. The summed E-state index contributed by atoms with van der Waals surface area (Å²) in [6, 6.07) is 3.06. The monoisotopic (exact) mass is 470 g/mol. The van der Waals surface area contributed by atoms with Crippen molar-refractivity contribution in [3.8, 4) is 10.6 Å². The minimum absolute atomic E-state index is 0.0252. The molecule has 0 aliphatic carbocycles. The third-order valence-corrected chi connectivity index (χ3v) is 7.05. The quantitative estimate of drug-likeness (QED) is 0.521. The SMILES string of the molecule is O=S(=O)(Nc1nc(-c2sccc2Cl)cs1)c1cc(F)c(Br)cc1F. The van der Waals surface area contributed by atoms with E-state index in [2.05, 4.69) is 25.6 Å². The van der Waals surface area contributed by atoms with Crippen LogP contribution >= 0.6 is 50.2 Å². The predicted molar refractivity (Wildman–Crippen MR) is 95.3 cm³/mol. The number of sulfonamides is 1. The van der Waals surface area contributed by atoms with Crippen LogP contribution in [0.5, 0.6) is 0 Å². The van der Waals surface area contributed by atoms with E-state index in [1.165, 1.54) is 11.3 Å². The largest absolute Gasteiger partial charge is 0.266 e. The van der Waals surface area contributed by atoms with Crippen molar-refractivity contribution in [1.29, 1.82) is 0 Å². The highest BCUT2D eigenvalue weighted by Gasteiger charge is 2.23. The third-order valence-electron chi connectivity index (χ3n) is 2.84. The molecule has 0 fully saturated rings. The van der Waals surface area contributed by atoms with Crippen molar-refractivity contribution in [2.45, 2.75) is 4.90 Å². The van der Waals surface area contributed by atoms with Crippen LogP contribution in [0.3, 0.4) is 0 Å². The Kier molecular flexibility index (Phi) is 4.94. The van der Waals surface area contributed by atoms with E-state index in [1.807, 2.05) is 0 Å². The van der Waals surface area contributed by atoms with Crippen LogP contribution in [0, 0.1) is 11.6 Å². The summed E-state index contributed by atoms with van der Waals surface area (Å²) in [7, 11) is -4.32. The molecule has 11 heteroatoms. The molecule has 126 valence electrons. The number of hydrogen-bond acceptors (Lipinski definition) is 5. The van der Waals surface area contributed by atoms with Crippen molar-refractivity contribution in [3.05, 3.63) is 50.1 Å². The maximum Gasteiger partial charge on any atom is 0.266 e. The van der Waals surface area contributed by atoms with Gasteiger partial charge in [0.2, 0.25) is 0 Å². The summed E-state index contributed by atoms with van der Waals surface area (Å²) >= 11 is 11.2. The zero-order valence-electron chi connectivity index (χ0n) is 11.4. The van der Waals surface area contributed by atoms with E-state index in [4.69, 9.17) is 11.6 Å². The molecule has 0 unspecified atom stereocenters. The second kappa shape index (κ2) is 6.68. The Labute approximate surface area is 157 Å². The fourth-order valence-corrected chi connectivity index (χ4v) is 5.31. The minimum atomic E-state index is -4.32. The molecule has 4 nitrogen and oxygen atoms in total. The molecule has 24 heavy (non-hydrogen) atoms. The lowest BCUT2D eigenvalue weighted by atomic mass is 10.3. The van der Waals surface area contributed by atoms with E-state index in [0.29, 0.717) is 21.7 Å². The average Bonchev–Trinajstić information content (AvgIpc) is 3.11. The summed E-state index contributed by atoms with van der Waals surface area (Å²) in [6.45, 7) is 0. The first-order valence-corrected chi connectivity index (χ1v) is 10.6. The van der Waals surface area contributed by atoms with E-state index >= 15 is 0 Å². The average molecular weight is 472 g/mol. The van der Waals surface area contributed by atoms with Gasteiger partial charge in [-0.05, 0) is 39.5 Å². The lowest BCUT2D eigenvalue weighted by Gasteiger charge is -2.07. The molecular formula is C13H6BrClF2N2O2S3. The molecule has 0 spiro atoms. The number of thiophene rings is 1. The van der Waals surface area contributed by atoms with E-state index in [0.717, 1.165) is 17.4 Å². The molecule has 2 heterocycles. The number of thiazole rings is 1. The topological polar surface area (TPSA) is 59.1 Å². The molecule has 0 radical (unpaired) electrons. The van der Waals surface area contributed by atoms with Crippen LogP contribution < -0.4 is 4.72 Å². The lowest BCUT2D eigenvalue weighted by Crippen LogP contribution is -2.15. The smallest absolute Gasteiger partial charge is 0.255 e. The summed E-state index contributed by atoms with van der Waals surface area (Å²) < 4.78 is 53.9. The van der Waals surface area contributed by atoms with Crippen molar-refractivity contribution >= 4 is 65.4 Å². The molecule has 3 aromatic rings. The van der Waals surface area contributed by atoms with Gasteiger partial charge in [-0.15, -0.1) is 22.7 Å². The molecule has 0 bridgehead atoms. The van der Waals surface area contributed by atoms with Crippen LogP contribution in [0.4, 0.5) is 13.9 Å². The zero-order chi connectivity index (χ0) is 17.5. The highest BCUT2D eigenvalue weighted by Crippen LogP contribution is 2.35. The maximum absolute atomic E-state index is 13.9. The summed E-state index contributed by atoms with van der Waals surface area (Å²) in [5, 5.41) is 3.92. The minimum Gasteiger partial charge on any atom is -0.255 e. The molecule has 1 aromatic carbocycles. The van der Waals surface area contributed by atoms with Gasteiger partial charge in [0.1, 0.15) is 16.5 Å². The Morgan fingerprint density at radius 1 is 1.21 bits per heavy atom. The van der Waals surface area contributed by atoms with Gasteiger partial charge in [-0.2, -0.15) is 0 Å². The summed E-state index contributed by atoms with van der Waals surface area (Å²) in [6.07, 6.45) is 0. The lowest BCUT2D eigenvalue weighted by molar-refractivity contribution is 0.552. The van der Waals surface area contributed by atoms with Crippen molar-refractivity contribution < 1.29 is 17.2 Å². The van der Waals surface area contributed by atoms with E-state index in [9.17, 15) is 17.2 Å². The molecule has 0 amide bonds. The Balaban J connectivity index is 1.92. The number of hydrogen-bond donors (Lipinski definition) is 1. The number of nitrogens with one attached hydrogen (secondary N) is 1. The number of anilines is 1. The zero-order valence-corrected chi connectivity index (χ0v) is 16.2. The number of halogens is 4. The second-order valence-corrected chi connectivity index (χ2v) is 9.12. The Hall–Kier alpha value is -1.07. The van der Waals surface area contributed by atoms with E-state index in [-0.39, 0.29) is 9.60 Å². The molecule has 0 aliphatic heterocycles. The molecule has 0 saturated heterocycles. The van der Waals surface area contributed by atoms with Crippen molar-refractivity contribution in [2.24, 2.45) is 0 Å². The fourth-order valence-electron chi connectivity index (χ4n) is 1.78. The number of aromatic nitrogens is 1. The van der Waals surface area contributed by atoms with Gasteiger partial charge in [0.05, 0.1) is 20.1 Å². The third kappa shape index (κ3) is 3.47. The van der Waals surface area contributed by atoms with Crippen LogP contribution in [0.15, 0.2) is 38.3 Å². The molecular weight excluding hydrogens is 466 g/mol. The highest BCUT2D eigenvalue weighted by molar-refractivity contribution is 9.10. The molecule has 3 rings (SSSR count).